The van der Waals surface area contributed by atoms with E-state index < -0.39 is 6.03 Å². The van der Waals surface area contributed by atoms with Crippen molar-refractivity contribution in [3.63, 3.8) is 0 Å². The number of hydrogen-bond donors (Lipinski definition) is 3. The Labute approximate surface area is 120 Å². The topological polar surface area (TPSA) is 96.7 Å². The second kappa shape index (κ2) is 8.89. The number of likely N-dealkylation sites (tertiary alicyclic amines) is 1. The van der Waals surface area contributed by atoms with Crippen molar-refractivity contribution in [2.45, 2.75) is 38.3 Å². The van der Waals surface area contributed by atoms with Crippen molar-refractivity contribution >= 4 is 11.9 Å². The fourth-order valence-electron chi connectivity index (χ4n) is 2.52. The average molecular weight is 286 g/mol. The van der Waals surface area contributed by atoms with Crippen LogP contribution in [0.15, 0.2) is 0 Å². The number of piperidine rings is 1. The molecule has 1 fully saturated rings. The third kappa shape index (κ3) is 5.44. The lowest BCUT2D eigenvalue weighted by Gasteiger charge is -2.39. The predicted octanol–water partition coefficient (Wildman–Crippen LogP) is -0.340. The summed E-state index contributed by atoms with van der Waals surface area (Å²) in [5.41, 5.74) is 5.75. The highest BCUT2D eigenvalue weighted by Gasteiger charge is 2.28. The van der Waals surface area contributed by atoms with Gasteiger partial charge in [0, 0.05) is 32.3 Å². The number of urea groups is 1. The van der Waals surface area contributed by atoms with Gasteiger partial charge in [-0.1, -0.05) is 6.42 Å². The van der Waals surface area contributed by atoms with Gasteiger partial charge >= 0.3 is 6.03 Å². The van der Waals surface area contributed by atoms with Crippen LogP contribution in [0.3, 0.4) is 0 Å². The van der Waals surface area contributed by atoms with Crippen LogP contribution < -0.4 is 16.4 Å². The fraction of sp³-hybridized carbons (Fsp3) is 0.846. The number of hydrogen-bond acceptors (Lipinski definition) is 5. The molecule has 0 aliphatic carbocycles. The van der Waals surface area contributed by atoms with Gasteiger partial charge in [-0.15, -0.1) is 0 Å². The number of nitrogens with two attached hydrogens (primary N) is 1. The second-order valence-corrected chi connectivity index (χ2v) is 5.14. The van der Waals surface area contributed by atoms with Crippen LogP contribution in [-0.4, -0.2) is 62.3 Å². The highest BCUT2D eigenvalue weighted by atomic mass is 16.5. The number of amides is 3. The van der Waals surface area contributed by atoms with E-state index in [4.69, 9.17) is 10.5 Å². The van der Waals surface area contributed by atoms with Gasteiger partial charge < -0.3 is 15.8 Å². The molecule has 0 spiro atoms. The van der Waals surface area contributed by atoms with E-state index >= 15 is 0 Å². The SMILES string of the molecule is COCCNC(=O)NC(=O)CN1C(C)CCCC1CN. The van der Waals surface area contributed by atoms with Crippen molar-refractivity contribution in [2.75, 3.05) is 33.4 Å². The molecule has 1 aliphatic rings. The summed E-state index contributed by atoms with van der Waals surface area (Å²) in [7, 11) is 1.55. The number of rotatable bonds is 6. The van der Waals surface area contributed by atoms with E-state index in [-0.39, 0.29) is 18.5 Å². The molecular weight excluding hydrogens is 260 g/mol. The number of nitrogens with zero attached hydrogens (tertiary/aromatic N) is 1. The number of imide groups is 1. The smallest absolute Gasteiger partial charge is 0.321 e. The molecule has 4 N–H and O–H groups in total. The van der Waals surface area contributed by atoms with Crippen LogP contribution in [0.1, 0.15) is 26.2 Å². The molecule has 116 valence electrons. The lowest BCUT2D eigenvalue weighted by molar-refractivity contribution is -0.122. The first-order chi connectivity index (χ1) is 9.58. The molecule has 0 saturated carbocycles. The van der Waals surface area contributed by atoms with E-state index in [0.29, 0.717) is 25.7 Å². The first-order valence-corrected chi connectivity index (χ1v) is 7.11. The van der Waals surface area contributed by atoms with Crippen molar-refractivity contribution in [1.82, 2.24) is 15.5 Å². The minimum atomic E-state index is -0.485. The van der Waals surface area contributed by atoms with Crippen molar-refractivity contribution < 1.29 is 14.3 Å². The molecule has 0 bridgehead atoms. The van der Waals surface area contributed by atoms with E-state index in [2.05, 4.69) is 22.5 Å². The maximum absolute atomic E-state index is 11.9. The van der Waals surface area contributed by atoms with Crippen molar-refractivity contribution in [3.05, 3.63) is 0 Å². The number of methoxy groups -OCH3 is 1. The molecule has 2 atom stereocenters. The Kier molecular flexibility index (Phi) is 7.50. The number of carbonyl (C=O) groups is 2. The van der Waals surface area contributed by atoms with Gasteiger partial charge in [0.2, 0.25) is 5.91 Å². The molecule has 20 heavy (non-hydrogen) atoms. The highest BCUT2D eigenvalue weighted by molar-refractivity contribution is 5.95. The van der Waals surface area contributed by atoms with E-state index in [1.54, 1.807) is 7.11 Å². The maximum atomic E-state index is 11.9. The first kappa shape index (κ1) is 16.9. The van der Waals surface area contributed by atoms with Crippen LogP contribution in [0.2, 0.25) is 0 Å². The van der Waals surface area contributed by atoms with Gasteiger partial charge in [-0.25, -0.2) is 4.79 Å². The molecule has 0 radical (unpaired) electrons. The van der Waals surface area contributed by atoms with Crippen molar-refractivity contribution in [2.24, 2.45) is 5.73 Å². The normalized spacial score (nSPS) is 23.4. The Balaban J connectivity index is 2.37. The molecule has 1 saturated heterocycles. The molecule has 1 heterocycles. The second-order valence-electron chi connectivity index (χ2n) is 5.14. The summed E-state index contributed by atoms with van der Waals surface area (Å²) >= 11 is 0. The van der Waals surface area contributed by atoms with Gasteiger partial charge in [-0.3, -0.25) is 15.0 Å². The summed E-state index contributed by atoms with van der Waals surface area (Å²) < 4.78 is 4.81. The Morgan fingerprint density at radius 1 is 1.40 bits per heavy atom. The van der Waals surface area contributed by atoms with Gasteiger partial charge in [0.15, 0.2) is 0 Å². The number of nitrogens with one attached hydrogen (secondary N) is 2. The molecule has 1 rings (SSSR count). The Hall–Kier alpha value is -1.18. The third-order valence-electron chi connectivity index (χ3n) is 3.64. The van der Waals surface area contributed by atoms with E-state index in [0.717, 1.165) is 19.3 Å². The molecule has 7 heteroatoms. The van der Waals surface area contributed by atoms with Crippen LogP contribution >= 0.6 is 0 Å². The van der Waals surface area contributed by atoms with Crippen LogP contribution in [0.5, 0.6) is 0 Å². The maximum Gasteiger partial charge on any atom is 0.321 e. The van der Waals surface area contributed by atoms with Gasteiger partial charge in [-0.2, -0.15) is 0 Å². The average Bonchev–Trinajstić information content (AvgIpc) is 2.41. The van der Waals surface area contributed by atoms with Crippen LogP contribution in [0.25, 0.3) is 0 Å². The zero-order valence-electron chi connectivity index (χ0n) is 12.4. The summed E-state index contributed by atoms with van der Waals surface area (Å²) in [4.78, 5) is 25.4. The predicted molar refractivity (Wildman–Crippen MR) is 76.3 cm³/mol. The molecule has 2 unspecified atom stereocenters. The molecule has 0 aromatic rings. The highest BCUT2D eigenvalue weighted by Crippen LogP contribution is 2.21. The van der Waals surface area contributed by atoms with Crippen LogP contribution in [0, 0.1) is 0 Å². The Bertz CT molecular complexity index is 325. The summed E-state index contributed by atoms with van der Waals surface area (Å²) in [5, 5.41) is 4.87. The van der Waals surface area contributed by atoms with Gasteiger partial charge in [0.1, 0.15) is 0 Å². The molecule has 7 nitrogen and oxygen atoms in total. The monoisotopic (exact) mass is 286 g/mol. The molecule has 0 aromatic heterocycles. The van der Waals surface area contributed by atoms with Crippen LogP contribution in [-0.2, 0) is 9.53 Å². The summed E-state index contributed by atoms with van der Waals surface area (Å²) in [5.74, 6) is -0.299. The third-order valence-corrected chi connectivity index (χ3v) is 3.64. The number of carbonyl (C=O) groups excluding carboxylic acids is 2. The summed E-state index contributed by atoms with van der Waals surface area (Å²) in [6.45, 7) is 3.63. The Morgan fingerprint density at radius 3 is 2.80 bits per heavy atom. The zero-order valence-corrected chi connectivity index (χ0v) is 12.4. The van der Waals surface area contributed by atoms with Crippen molar-refractivity contribution in [3.8, 4) is 0 Å². The lowest BCUT2D eigenvalue weighted by Crippen LogP contribution is -2.53. The molecular formula is C13H26N4O3. The van der Waals surface area contributed by atoms with Gasteiger partial charge in [0.25, 0.3) is 0 Å². The minimum Gasteiger partial charge on any atom is -0.383 e. The first-order valence-electron chi connectivity index (χ1n) is 7.11. The van der Waals surface area contributed by atoms with E-state index in [9.17, 15) is 9.59 Å². The summed E-state index contributed by atoms with van der Waals surface area (Å²) in [6, 6.07) is 0.0571. The summed E-state index contributed by atoms with van der Waals surface area (Å²) in [6.07, 6.45) is 3.20. The number of ether oxygens (including phenoxy) is 1. The molecule has 3 amide bonds. The van der Waals surface area contributed by atoms with E-state index in [1.807, 2.05) is 0 Å². The van der Waals surface area contributed by atoms with Gasteiger partial charge in [-0.05, 0) is 19.8 Å². The van der Waals surface area contributed by atoms with E-state index in [1.165, 1.54) is 0 Å². The Morgan fingerprint density at radius 2 is 2.15 bits per heavy atom. The molecule has 1 aliphatic heterocycles. The van der Waals surface area contributed by atoms with Crippen LogP contribution in [0.4, 0.5) is 4.79 Å². The quantitative estimate of drug-likeness (QED) is 0.581. The minimum absolute atomic E-state index is 0.209. The lowest BCUT2D eigenvalue weighted by atomic mass is 9.96. The van der Waals surface area contributed by atoms with Gasteiger partial charge in [0.05, 0.1) is 13.2 Å². The fourth-order valence-corrected chi connectivity index (χ4v) is 2.52. The standard InChI is InChI=1S/C13H26N4O3/c1-10-4-3-5-11(8-14)17(10)9-12(18)16-13(19)15-6-7-20-2/h10-11H,3-9,14H2,1-2H3,(H2,15,16,18,19). The zero-order chi connectivity index (χ0) is 15.0. The molecule has 0 aromatic carbocycles. The van der Waals surface area contributed by atoms with Crippen molar-refractivity contribution in [1.29, 1.82) is 0 Å². The largest absolute Gasteiger partial charge is 0.383 e.